The first-order valence-electron chi connectivity index (χ1n) is 10.5. The molecule has 0 bridgehead atoms. The molecule has 1 heterocycles. The minimum atomic E-state index is -0.200. The molecule has 0 radical (unpaired) electrons. The molecule has 2 fully saturated rings. The molecule has 1 saturated heterocycles. The number of rotatable bonds is 5. The summed E-state index contributed by atoms with van der Waals surface area (Å²) in [6.45, 7) is 2.20. The monoisotopic (exact) mass is 392 g/mol. The Morgan fingerprint density at radius 3 is 1.97 bits per heavy atom. The van der Waals surface area contributed by atoms with Gasteiger partial charge in [0.15, 0.2) is 0 Å². The molecule has 1 aliphatic carbocycles. The van der Waals surface area contributed by atoms with E-state index in [1.54, 1.807) is 24.3 Å². The quantitative estimate of drug-likeness (QED) is 0.696. The summed E-state index contributed by atoms with van der Waals surface area (Å²) in [4.78, 5) is 26.7. The molecule has 4 rings (SSSR count). The fourth-order valence-electron chi connectivity index (χ4n) is 3.57. The Kier molecular flexibility index (Phi) is 5.98. The number of carbonyl (C=O) groups is 2. The Bertz CT molecular complexity index is 836. The molecule has 0 aromatic heterocycles. The van der Waals surface area contributed by atoms with Gasteiger partial charge in [0.25, 0.3) is 5.91 Å². The number of hydrogen-bond donors (Lipinski definition) is 3. The standard InChI is InChI=1S/C23H28N4O2/c28-22(17-5-7-19(8-6-17)25-23(29)26-20-9-10-20)24-18-11-13-21(14-12-18)27-15-3-1-2-4-16-27/h5-8,11-14,20H,1-4,9-10,15-16H2,(H,24,28)(H2,25,26,29). The maximum absolute atomic E-state index is 12.5. The summed E-state index contributed by atoms with van der Waals surface area (Å²) < 4.78 is 0. The van der Waals surface area contributed by atoms with Crippen LogP contribution in [-0.2, 0) is 0 Å². The van der Waals surface area contributed by atoms with Gasteiger partial charge in [-0.05, 0) is 74.2 Å². The van der Waals surface area contributed by atoms with E-state index in [9.17, 15) is 9.59 Å². The lowest BCUT2D eigenvalue weighted by Crippen LogP contribution is -2.30. The van der Waals surface area contributed by atoms with E-state index in [4.69, 9.17) is 0 Å². The third-order valence-electron chi connectivity index (χ3n) is 5.41. The molecule has 1 saturated carbocycles. The molecular formula is C23H28N4O2. The van der Waals surface area contributed by atoms with Crippen LogP contribution >= 0.6 is 0 Å². The van der Waals surface area contributed by atoms with E-state index in [0.717, 1.165) is 31.6 Å². The summed E-state index contributed by atoms with van der Waals surface area (Å²) in [5, 5.41) is 8.59. The number of benzene rings is 2. The van der Waals surface area contributed by atoms with Crippen LogP contribution in [0.1, 0.15) is 48.9 Å². The van der Waals surface area contributed by atoms with Gasteiger partial charge < -0.3 is 20.9 Å². The lowest BCUT2D eigenvalue weighted by atomic mass is 10.2. The van der Waals surface area contributed by atoms with Crippen LogP contribution in [0.2, 0.25) is 0 Å². The van der Waals surface area contributed by atoms with Crippen LogP contribution in [0.3, 0.4) is 0 Å². The summed E-state index contributed by atoms with van der Waals surface area (Å²) >= 11 is 0. The first kappa shape index (κ1) is 19.3. The van der Waals surface area contributed by atoms with Gasteiger partial charge >= 0.3 is 6.03 Å². The number of nitrogens with zero attached hydrogens (tertiary/aromatic N) is 1. The molecule has 152 valence electrons. The van der Waals surface area contributed by atoms with Crippen molar-refractivity contribution in [3.8, 4) is 0 Å². The van der Waals surface area contributed by atoms with Crippen molar-refractivity contribution in [2.45, 2.75) is 44.6 Å². The Labute approximate surface area is 171 Å². The fraction of sp³-hybridized carbons (Fsp3) is 0.391. The van der Waals surface area contributed by atoms with Crippen LogP contribution in [0.4, 0.5) is 21.9 Å². The number of amides is 3. The topological polar surface area (TPSA) is 73.5 Å². The number of hydrogen-bond acceptors (Lipinski definition) is 3. The molecule has 1 aliphatic heterocycles. The molecule has 6 heteroatoms. The van der Waals surface area contributed by atoms with Crippen molar-refractivity contribution in [3.63, 3.8) is 0 Å². The molecule has 0 atom stereocenters. The molecule has 3 N–H and O–H groups in total. The highest BCUT2D eigenvalue weighted by Crippen LogP contribution is 2.22. The summed E-state index contributed by atoms with van der Waals surface area (Å²) in [6.07, 6.45) is 7.20. The van der Waals surface area contributed by atoms with E-state index >= 15 is 0 Å². The van der Waals surface area contributed by atoms with Crippen molar-refractivity contribution in [1.29, 1.82) is 0 Å². The minimum absolute atomic E-state index is 0.165. The van der Waals surface area contributed by atoms with E-state index in [1.807, 2.05) is 12.1 Å². The van der Waals surface area contributed by atoms with Crippen molar-refractivity contribution >= 4 is 29.0 Å². The van der Waals surface area contributed by atoms with Crippen molar-refractivity contribution in [3.05, 3.63) is 54.1 Å². The average Bonchev–Trinajstić information content (AvgIpc) is 3.56. The molecule has 2 aliphatic rings. The predicted octanol–water partition coefficient (Wildman–Crippen LogP) is 4.60. The first-order chi connectivity index (χ1) is 14.2. The van der Waals surface area contributed by atoms with Crippen molar-refractivity contribution < 1.29 is 9.59 Å². The van der Waals surface area contributed by atoms with Crippen LogP contribution in [0.5, 0.6) is 0 Å². The van der Waals surface area contributed by atoms with Gasteiger partial charge in [-0.15, -0.1) is 0 Å². The second-order valence-corrected chi connectivity index (χ2v) is 7.85. The van der Waals surface area contributed by atoms with Crippen LogP contribution in [0, 0.1) is 0 Å². The van der Waals surface area contributed by atoms with Gasteiger partial charge in [-0.3, -0.25) is 4.79 Å². The Balaban J connectivity index is 1.31. The van der Waals surface area contributed by atoms with Crippen LogP contribution < -0.4 is 20.9 Å². The Morgan fingerprint density at radius 1 is 0.759 bits per heavy atom. The van der Waals surface area contributed by atoms with Gasteiger partial charge in [-0.2, -0.15) is 0 Å². The van der Waals surface area contributed by atoms with Gasteiger partial charge in [0.1, 0.15) is 0 Å². The van der Waals surface area contributed by atoms with Gasteiger partial charge in [0.05, 0.1) is 0 Å². The van der Waals surface area contributed by atoms with Crippen LogP contribution in [0.15, 0.2) is 48.5 Å². The third-order valence-corrected chi connectivity index (χ3v) is 5.41. The zero-order chi connectivity index (χ0) is 20.1. The van der Waals surface area contributed by atoms with Crippen molar-refractivity contribution in [1.82, 2.24) is 5.32 Å². The van der Waals surface area contributed by atoms with Crippen LogP contribution in [0.25, 0.3) is 0 Å². The highest BCUT2D eigenvalue weighted by atomic mass is 16.2. The van der Waals surface area contributed by atoms with Crippen LogP contribution in [-0.4, -0.2) is 31.1 Å². The fourth-order valence-corrected chi connectivity index (χ4v) is 3.57. The predicted molar refractivity (Wildman–Crippen MR) is 117 cm³/mol. The maximum Gasteiger partial charge on any atom is 0.319 e. The molecular weight excluding hydrogens is 364 g/mol. The van der Waals surface area contributed by atoms with Crippen molar-refractivity contribution in [2.75, 3.05) is 28.6 Å². The number of carbonyl (C=O) groups excluding carboxylic acids is 2. The number of nitrogens with one attached hydrogen (secondary N) is 3. The smallest absolute Gasteiger partial charge is 0.319 e. The summed E-state index contributed by atoms with van der Waals surface area (Å²) in [6, 6.07) is 15.1. The van der Waals surface area contributed by atoms with E-state index in [2.05, 4.69) is 33.0 Å². The lowest BCUT2D eigenvalue weighted by Gasteiger charge is -2.22. The van der Waals surface area contributed by atoms with Gasteiger partial charge in [0, 0.05) is 41.8 Å². The molecule has 6 nitrogen and oxygen atoms in total. The second kappa shape index (κ2) is 8.99. The number of anilines is 3. The highest BCUT2D eigenvalue weighted by Gasteiger charge is 2.23. The Morgan fingerprint density at radius 2 is 1.34 bits per heavy atom. The normalized spacial score (nSPS) is 16.6. The van der Waals surface area contributed by atoms with E-state index < -0.39 is 0 Å². The first-order valence-corrected chi connectivity index (χ1v) is 10.5. The van der Waals surface area contributed by atoms with Gasteiger partial charge in [-0.25, -0.2) is 4.79 Å². The summed E-state index contributed by atoms with van der Waals surface area (Å²) in [7, 11) is 0. The molecule has 3 amide bonds. The van der Waals surface area contributed by atoms with E-state index in [0.29, 0.717) is 17.3 Å². The third kappa shape index (κ3) is 5.50. The van der Waals surface area contributed by atoms with Crippen molar-refractivity contribution in [2.24, 2.45) is 0 Å². The largest absolute Gasteiger partial charge is 0.372 e. The zero-order valence-corrected chi connectivity index (χ0v) is 16.6. The lowest BCUT2D eigenvalue weighted by molar-refractivity contribution is 0.102. The summed E-state index contributed by atoms with van der Waals surface area (Å²) in [5.74, 6) is -0.165. The van der Waals surface area contributed by atoms with E-state index in [1.165, 1.54) is 31.4 Å². The highest BCUT2D eigenvalue weighted by molar-refractivity contribution is 6.04. The molecule has 0 spiro atoms. The average molecular weight is 393 g/mol. The number of urea groups is 1. The zero-order valence-electron chi connectivity index (χ0n) is 16.6. The maximum atomic E-state index is 12.5. The van der Waals surface area contributed by atoms with E-state index in [-0.39, 0.29) is 11.9 Å². The Hall–Kier alpha value is -3.02. The SMILES string of the molecule is O=C(Nc1ccc(C(=O)Nc2ccc(N3CCCCCC3)cc2)cc1)NC1CC1. The molecule has 29 heavy (non-hydrogen) atoms. The summed E-state index contributed by atoms with van der Waals surface area (Å²) in [5.41, 5.74) is 3.21. The molecule has 0 unspecified atom stereocenters. The minimum Gasteiger partial charge on any atom is -0.372 e. The molecule has 2 aromatic rings. The second-order valence-electron chi connectivity index (χ2n) is 7.85. The molecule has 2 aromatic carbocycles. The van der Waals surface area contributed by atoms with Gasteiger partial charge in [-0.1, -0.05) is 12.8 Å². The van der Waals surface area contributed by atoms with Gasteiger partial charge in [0.2, 0.25) is 0 Å².